The molecule has 2 aromatic carbocycles. The molecule has 1 heterocycles. The number of rotatable bonds is 5. The van der Waals surface area contributed by atoms with Crippen molar-refractivity contribution in [1.82, 2.24) is 14.5 Å². The maximum Gasteiger partial charge on any atom is 0.224 e. The first-order chi connectivity index (χ1) is 11.1. The average molecular weight is 311 g/mol. The predicted octanol–water partition coefficient (Wildman–Crippen LogP) is 3.22. The Hall–Kier alpha value is -2.69. The number of amides is 1. The second-order valence-corrected chi connectivity index (χ2v) is 5.52. The summed E-state index contributed by atoms with van der Waals surface area (Å²) < 4.78 is 15.6. The van der Waals surface area contributed by atoms with Crippen molar-refractivity contribution in [2.75, 3.05) is 7.05 Å². The first kappa shape index (κ1) is 15.2. The molecule has 118 valence electrons. The minimum Gasteiger partial charge on any atom is -0.341 e. The smallest absolute Gasteiger partial charge is 0.224 e. The summed E-state index contributed by atoms with van der Waals surface area (Å²) in [4.78, 5) is 18.1. The van der Waals surface area contributed by atoms with E-state index in [4.69, 9.17) is 0 Å². The number of hydrogen-bond donors (Lipinski definition) is 0. The number of carbonyl (C=O) groups is 1. The van der Waals surface area contributed by atoms with Crippen LogP contribution < -0.4 is 0 Å². The van der Waals surface area contributed by atoms with Gasteiger partial charge in [-0.3, -0.25) is 4.79 Å². The molecule has 0 aliphatic carbocycles. The second kappa shape index (κ2) is 6.60. The standard InChI is InChI=1S/C18H18FN3O/c1-21(12-14-6-2-3-7-15(14)19)18(23)10-11-22-13-20-16-8-4-5-9-17(16)22/h2-9,13H,10-12H2,1H3. The quantitative estimate of drug-likeness (QED) is 0.725. The van der Waals surface area contributed by atoms with Crippen molar-refractivity contribution in [3.8, 4) is 0 Å². The van der Waals surface area contributed by atoms with Gasteiger partial charge in [-0.25, -0.2) is 9.37 Å². The molecule has 0 saturated heterocycles. The molecular formula is C18H18FN3O. The summed E-state index contributed by atoms with van der Waals surface area (Å²) in [5.74, 6) is -0.307. The normalized spacial score (nSPS) is 10.9. The molecule has 0 spiro atoms. The molecule has 0 N–H and O–H groups in total. The van der Waals surface area contributed by atoms with Crippen molar-refractivity contribution < 1.29 is 9.18 Å². The van der Waals surface area contributed by atoms with Gasteiger partial charge in [0, 0.05) is 32.1 Å². The van der Waals surface area contributed by atoms with Crippen molar-refractivity contribution in [2.45, 2.75) is 19.5 Å². The van der Waals surface area contributed by atoms with Crippen LogP contribution in [0.3, 0.4) is 0 Å². The van der Waals surface area contributed by atoms with E-state index in [9.17, 15) is 9.18 Å². The monoisotopic (exact) mass is 311 g/mol. The highest BCUT2D eigenvalue weighted by Gasteiger charge is 2.12. The van der Waals surface area contributed by atoms with E-state index < -0.39 is 0 Å². The van der Waals surface area contributed by atoms with Crippen molar-refractivity contribution >= 4 is 16.9 Å². The fourth-order valence-corrected chi connectivity index (χ4v) is 2.57. The lowest BCUT2D eigenvalue weighted by Gasteiger charge is -2.18. The molecule has 0 fully saturated rings. The molecule has 5 heteroatoms. The van der Waals surface area contributed by atoms with Gasteiger partial charge >= 0.3 is 0 Å². The van der Waals surface area contributed by atoms with Crippen LogP contribution in [0.2, 0.25) is 0 Å². The minimum atomic E-state index is -0.284. The lowest BCUT2D eigenvalue weighted by molar-refractivity contribution is -0.130. The molecule has 23 heavy (non-hydrogen) atoms. The Morgan fingerprint density at radius 2 is 1.91 bits per heavy atom. The highest BCUT2D eigenvalue weighted by Crippen LogP contribution is 2.13. The van der Waals surface area contributed by atoms with E-state index in [1.54, 1.807) is 36.5 Å². The zero-order valence-corrected chi connectivity index (χ0v) is 12.9. The molecule has 0 aliphatic heterocycles. The number of benzene rings is 2. The number of carbonyl (C=O) groups excluding carboxylic acids is 1. The Morgan fingerprint density at radius 3 is 2.74 bits per heavy atom. The highest BCUT2D eigenvalue weighted by molar-refractivity contribution is 5.77. The molecule has 0 unspecified atom stereocenters. The van der Waals surface area contributed by atoms with Crippen LogP contribution in [0.1, 0.15) is 12.0 Å². The van der Waals surface area contributed by atoms with E-state index >= 15 is 0 Å². The van der Waals surface area contributed by atoms with Crippen LogP contribution in [0.15, 0.2) is 54.9 Å². The number of halogens is 1. The second-order valence-electron chi connectivity index (χ2n) is 5.52. The third kappa shape index (κ3) is 3.39. The molecule has 0 saturated carbocycles. The van der Waals surface area contributed by atoms with Crippen molar-refractivity contribution in [2.24, 2.45) is 0 Å². The summed E-state index contributed by atoms with van der Waals surface area (Å²) in [5, 5.41) is 0. The molecule has 0 radical (unpaired) electrons. The van der Waals surface area contributed by atoms with Crippen LogP contribution in [-0.4, -0.2) is 27.4 Å². The Kier molecular flexibility index (Phi) is 4.37. The number of fused-ring (bicyclic) bond motifs is 1. The van der Waals surface area contributed by atoms with Gasteiger partial charge in [0.2, 0.25) is 5.91 Å². The first-order valence-corrected chi connectivity index (χ1v) is 7.52. The highest BCUT2D eigenvalue weighted by atomic mass is 19.1. The molecule has 4 nitrogen and oxygen atoms in total. The van der Waals surface area contributed by atoms with Crippen LogP contribution in [0.4, 0.5) is 4.39 Å². The maximum absolute atomic E-state index is 13.6. The van der Waals surface area contributed by atoms with Gasteiger partial charge in [-0.2, -0.15) is 0 Å². The summed E-state index contributed by atoms with van der Waals surface area (Å²) in [6, 6.07) is 14.3. The van der Waals surface area contributed by atoms with Crippen LogP contribution in [0.25, 0.3) is 11.0 Å². The van der Waals surface area contributed by atoms with Gasteiger partial charge in [0.15, 0.2) is 0 Å². The van der Waals surface area contributed by atoms with Gasteiger partial charge in [0.1, 0.15) is 5.82 Å². The third-order valence-corrected chi connectivity index (χ3v) is 3.89. The molecule has 3 rings (SSSR count). The molecule has 0 atom stereocenters. The van der Waals surface area contributed by atoms with Crippen molar-refractivity contribution in [3.63, 3.8) is 0 Å². The summed E-state index contributed by atoms with van der Waals surface area (Å²) >= 11 is 0. The van der Waals surface area contributed by atoms with Gasteiger partial charge in [0.25, 0.3) is 0 Å². The van der Waals surface area contributed by atoms with E-state index in [0.717, 1.165) is 11.0 Å². The maximum atomic E-state index is 13.6. The summed E-state index contributed by atoms with van der Waals surface area (Å²) in [6.07, 6.45) is 2.10. The van der Waals surface area contributed by atoms with Gasteiger partial charge < -0.3 is 9.47 Å². The molecule has 0 bridgehead atoms. The first-order valence-electron chi connectivity index (χ1n) is 7.52. The summed E-state index contributed by atoms with van der Waals surface area (Å²) in [6.45, 7) is 0.830. The zero-order chi connectivity index (χ0) is 16.2. The number of aromatic nitrogens is 2. The van der Waals surface area contributed by atoms with E-state index in [0.29, 0.717) is 18.5 Å². The molecule has 0 aliphatic rings. The van der Waals surface area contributed by atoms with Crippen LogP contribution in [0, 0.1) is 5.82 Å². The molecule has 3 aromatic rings. The summed E-state index contributed by atoms with van der Waals surface area (Å²) in [7, 11) is 1.70. The van der Waals surface area contributed by atoms with E-state index in [2.05, 4.69) is 4.98 Å². The molecule has 1 aromatic heterocycles. The lowest BCUT2D eigenvalue weighted by atomic mass is 10.2. The third-order valence-electron chi connectivity index (χ3n) is 3.89. The SMILES string of the molecule is CN(Cc1ccccc1F)C(=O)CCn1cnc2ccccc21. The number of aryl methyl sites for hydroxylation is 1. The van der Waals surface area contributed by atoms with Gasteiger partial charge in [-0.05, 0) is 18.2 Å². The van der Waals surface area contributed by atoms with Crippen molar-refractivity contribution in [1.29, 1.82) is 0 Å². The van der Waals surface area contributed by atoms with E-state index in [1.165, 1.54) is 6.07 Å². The largest absolute Gasteiger partial charge is 0.341 e. The van der Waals surface area contributed by atoms with E-state index in [-0.39, 0.29) is 18.3 Å². The van der Waals surface area contributed by atoms with E-state index in [1.807, 2.05) is 28.8 Å². The molecule has 1 amide bonds. The minimum absolute atomic E-state index is 0.0222. The fourth-order valence-electron chi connectivity index (χ4n) is 2.57. The number of para-hydroxylation sites is 2. The van der Waals surface area contributed by atoms with Crippen LogP contribution in [0.5, 0.6) is 0 Å². The number of imidazole rings is 1. The topological polar surface area (TPSA) is 38.1 Å². The van der Waals surface area contributed by atoms with Crippen molar-refractivity contribution in [3.05, 3.63) is 66.2 Å². The predicted molar refractivity (Wildman–Crippen MR) is 87.2 cm³/mol. The Labute approximate surface area is 134 Å². The Balaban J connectivity index is 1.62. The summed E-state index contributed by atoms with van der Waals surface area (Å²) in [5.41, 5.74) is 2.45. The average Bonchev–Trinajstić information content (AvgIpc) is 2.98. The van der Waals surface area contributed by atoms with Gasteiger partial charge in [0.05, 0.1) is 17.4 Å². The lowest BCUT2D eigenvalue weighted by Crippen LogP contribution is -2.27. The Morgan fingerprint density at radius 1 is 1.17 bits per heavy atom. The van der Waals surface area contributed by atoms with Crippen LogP contribution >= 0.6 is 0 Å². The number of hydrogen-bond acceptors (Lipinski definition) is 2. The fraction of sp³-hybridized carbons (Fsp3) is 0.222. The molecular weight excluding hydrogens is 293 g/mol. The Bertz CT molecular complexity index is 828. The van der Waals surface area contributed by atoms with Crippen LogP contribution in [-0.2, 0) is 17.9 Å². The zero-order valence-electron chi connectivity index (χ0n) is 12.9. The van der Waals surface area contributed by atoms with Gasteiger partial charge in [-0.1, -0.05) is 30.3 Å². The van der Waals surface area contributed by atoms with Gasteiger partial charge in [-0.15, -0.1) is 0 Å². The number of nitrogens with zero attached hydrogens (tertiary/aromatic N) is 3.